The van der Waals surface area contributed by atoms with Crippen molar-refractivity contribution in [1.29, 1.82) is 0 Å². The van der Waals surface area contributed by atoms with Gasteiger partial charge in [-0.1, -0.05) is 13.8 Å². The zero-order chi connectivity index (χ0) is 16.4. The van der Waals surface area contributed by atoms with E-state index in [0.29, 0.717) is 5.96 Å². The Morgan fingerprint density at radius 2 is 2.05 bits per heavy atom. The molecule has 7 heteroatoms. The number of hydrogen-bond donors (Lipinski definition) is 2. The summed E-state index contributed by atoms with van der Waals surface area (Å²) < 4.78 is 0. The Morgan fingerprint density at radius 3 is 2.64 bits per heavy atom. The lowest BCUT2D eigenvalue weighted by Gasteiger charge is -2.12. The molecule has 0 aliphatic rings. The zero-order valence-electron chi connectivity index (χ0n) is 14.0. The fourth-order valence-electron chi connectivity index (χ4n) is 1.62. The number of aromatic nitrogens is 1. The fraction of sp³-hybridized carbons (Fsp3) is 0.667. The molecule has 124 valence electrons. The van der Waals surface area contributed by atoms with E-state index in [1.807, 2.05) is 6.20 Å². The van der Waals surface area contributed by atoms with Gasteiger partial charge < -0.3 is 15.5 Å². The number of thiazole rings is 1. The summed E-state index contributed by atoms with van der Waals surface area (Å²) in [6.07, 6.45) is 4.84. The van der Waals surface area contributed by atoms with E-state index in [0.717, 1.165) is 37.4 Å². The second-order valence-electron chi connectivity index (χ2n) is 5.13. The first-order valence-electron chi connectivity index (χ1n) is 7.72. The molecule has 0 fully saturated rings. The lowest BCUT2D eigenvalue weighted by Crippen LogP contribution is -2.39. The molecule has 2 N–H and O–H groups in total. The number of guanidine groups is 1. The molecule has 0 spiro atoms. The minimum atomic E-state index is -0.00916. The van der Waals surface area contributed by atoms with Gasteiger partial charge >= 0.3 is 0 Å². The third kappa shape index (κ3) is 6.89. The maximum Gasteiger partial charge on any atom is 0.243 e. The Kier molecular flexibility index (Phi) is 8.50. The topological polar surface area (TPSA) is 69.6 Å². The molecule has 0 bridgehead atoms. The Labute approximate surface area is 137 Å². The molecule has 1 aromatic heterocycles. The number of carbonyl (C=O) groups excluding carboxylic acids is 1. The minimum Gasteiger partial charge on any atom is -0.356 e. The van der Waals surface area contributed by atoms with E-state index in [1.165, 1.54) is 4.88 Å². The predicted molar refractivity (Wildman–Crippen MR) is 92.5 cm³/mol. The molecule has 0 aliphatic carbocycles. The van der Waals surface area contributed by atoms with Crippen LogP contribution in [0.5, 0.6) is 0 Å². The number of aryl methyl sites for hydroxylation is 1. The second-order valence-corrected chi connectivity index (χ2v) is 6.33. The summed E-state index contributed by atoms with van der Waals surface area (Å²) in [4.78, 5) is 23.2. The maximum absolute atomic E-state index is 11.6. The molecular weight excluding hydrogens is 298 g/mol. The minimum absolute atomic E-state index is 0.00916. The van der Waals surface area contributed by atoms with Gasteiger partial charge in [0.15, 0.2) is 5.96 Å². The Bertz CT molecular complexity index is 484. The van der Waals surface area contributed by atoms with Gasteiger partial charge in [0.2, 0.25) is 5.91 Å². The molecular formula is C15H27N5OS. The first-order chi connectivity index (χ1) is 10.6. The highest BCUT2D eigenvalue weighted by molar-refractivity contribution is 7.11. The quantitative estimate of drug-likeness (QED) is 0.558. The lowest BCUT2D eigenvalue weighted by atomic mass is 10.4. The average molecular weight is 325 g/mol. The third-order valence-electron chi connectivity index (χ3n) is 2.99. The van der Waals surface area contributed by atoms with Crippen molar-refractivity contribution in [2.45, 2.75) is 33.1 Å². The van der Waals surface area contributed by atoms with Gasteiger partial charge in [0.25, 0.3) is 0 Å². The summed E-state index contributed by atoms with van der Waals surface area (Å²) >= 11 is 1.75. The number of aliphatic imine (C=N–C) groups is 1. The lowest BCUT2D eigenvalue weighted by molar-refractivity contribution is -0.127. The van der Waals surface area contributed by atoms with Gasteiger partial charge in [0.1, 0.15) is 6.54 Å². The molecule has 0 saturated heterocycles. The smallest absolute Gasteiger partial charge is 0.243 e. The van der Waals surface area contributed by atoms with Gasteiger partial charge in [-0.3, -0.25) is 4.79 Å². The van der Waals surface area contributed by atoms with Crippen LogP contribution in [-0.2, 0) is 17.6 Å². The molecule has 1 aromatic rings. The maximum atomic E-state index is 11.6. The highest BCUT2D eigenvalue weighted by atomic mass is 32.1. The van der Waals surface area contributed by atoms with Crippen molar-refractivity contribution >= 4 is 23.2 Å². The second kappa shape index (κ2) is 10.2. The van der Waals surface area contributed by atoms with Crippen LogP contribution in [-0.4, -0.2) is 55.5 Å². The Balaban J connectivity index is 2.46. The number of hydrogen-bond acceptors (Lipinski definition) is 4. The third-order valence-corrected chi connectivity index (χ3v) is 4.20. The van der Waals surface area contributed by atoms with Crippen LogP contribution in [0.2, 0.25) is 0 Å². The van der Waals surface area contributed by atoms with Gasteiger partial charge in [-0.05, 0) is 12.8 Å². The summed E-state index contributed by atoms with van der Waals surface area (Å²) in [6, 6.07) is 0. The van der Waals surface area contributed by atoms with Crippen molar-refractivity contribution in [1.82, 2.24) is 20.5 Å². The fourth-order valence-corrected chi connectivity index (χ4v) is 2.48. The van der Waals surface area contributed by atoms with Crippen LogP contribution in [0.15, 0.2) is 11.2 Å². The zero-order valence-corrected chi connectivity index (χ0v) is 14.8. The van der Waals surface area contributed by atoms with Crippen molar-refractivity contribution in [3.63, 3.8) is 0 Å². The van der Waals surface area contributed by atoms with Gasteiger partial charge in [-0.15, -0.1) is 11.3 Å². The molecule has 22 heavy (non-hydrogen) atoms. The van der Waals surface area contributed by atoms with Crippen LogP contribution in [0, 0.1) is 0 Å². The van der Waals surface area contributed by atoms with E-state index >= 15 is 0 Å². The molecule has 0 saturated carbocycles. The summed E-state index contributed by atoms with van der Waals surface area (Å²) in [5.41, 5.74) is 0. The highest BCUT2D eigenvalue weighted by Gasteiger charge is 2.05. The van der Waals surface area contributed by atoms with Gasteiger partial charge in [0.05, 0.1) is 5.01 Å². The first kappa shape index (κ1) is 18.4. The molecule has 0 aromatic carbocycles. The van der Waals surface area contributed by atoms with Gasteiger partial charge in [-0.25, -0.2) is 9.98 Å². The molecule has 0 radical (unpaired) electrons. The highest BCUT2D eigenvalue weighted by Crippen LogP contribution is 2.13. The standard InChI is InChI=1S/C15H27N5OS/c1-5-8-16-15(19-11-14(21)20(3)4)17-9-7-13-18-10-12(6-2)22-13/h10H,5-9,11H2,1-4H3,(H2,16,17,19). The number of nitrogens with one attached hydrogen (secondary N) is 2. The van der Waals surface area contributed by atoms with Crippen LogP contribution in [0.1, 0.15) is 30.2 Å². The summed E-state index contributed by atoms with van der Waals surface area (Å²) in [7, 11) is 3.47. The molecule has 0 atom stereocenters. The summed E-state index contributed by atoms with van der Waals surface area (Å²) in [6.45, 7) is 5.97. The monoisotopic (exact) mass is 325 g/mol. The van der Waals surface area contributed by atoms with E-state index in [-0.39, 0.29) is 12.5 Å². The molecule has 6 nitrogen and oxygen atoms in total. The van der Waals surface area contributed by atoms with Crippen molar-refractivity contribution in [3.05, 3.63) is 16.1 Å². The number of likely N-dealkylation sites (N-methyl/N-ethyl adjacent to an activating group) is 1. The van der Waals surface area contributed by atoms with Crippen LogP contribution >= 0.6 is 11.3 Å². The van der Waals surface area contributed by atoms with E-state index < -0.39 is 0 Å². The van der Waals surface area contributed by atoms with E-state index in [9.17, 15) is 4.79 Å². The normalized spacial score (nSPS) is 11.4. The Hall–Kier alpha value is -1.63. The van der Waals surface area contributed by atoms with E-state index in [2.05, 4.69) is 34.5 Å². The molecule has 1 heterocycles. The van der Waals surface area contributed by atoms with Crippen LogP contribution in [0.4, 0.5) is 0 Å². The van der Waals surface area contributed by atoms with Crippen molar-refractivity contribution in [2.24, 2.45) is 4.99 Å². The molecule has 0 aliphatic heterocycles. The largest absolute Gasteiger partial charge is 0.356 e. The number of amides is 1. The SMILES string of the molecule is CCCNC(=NCC(=O)N(C)C)NCCc1ncc(CC)s1. The predicted octanol–water partition coefficient (Wildman–Crippen LogP) is 1.28. The van der Waals surface area contributed by atoms with Crippen molar-refractivity contribution in [2.75, 3.05) is 33.7 Å². The first-order valence-corrected chi connectivity index (χ1v) is 8.54. The van der Waals surface area contributed by atoms with Crippen LogP contribution < -0.4 is 10.6 Å². The summed E-state index contributed by atoms with van der Waals surface area (Å²) in [5, 5.41) is 7.61. The summed E-state index contributed by atoms with van der Waals surface area (Å²) in [5.74, 6) is 0.675. The number of nitrogens with zero attached hydrogens (tertiary/aromatic N) is 3. The van der Waals surface area contributed by atoms with Crippen LogP contribution in [0.25, 0.3) is 0 Å². The Morgan fingerprint density at radius 1 is 1.32 bits per heavy atom. The molecule has 0 unspecified atom stereocenters. The van der Waals surface area contributed by atoms with Crippen LogP contribution in [0.3, 0.4) is 0 Å². The van der Waals surface area contributed by atoms with Crippen molar-refractivity contribution < 1.29 is 4.79 Å². The number of rotatable bonds is 8. The molecule has 1 rings (SSSR count). The van der Waals surface area contributed by atoms with E-state index in [4.69, 9.17) is 0 Å². The number of carbonyl (C=O) groups is 1. The molecule has 1 amide bonds. The van der Waals surface area contributed by atoms with Crippen molar-refractivity contribution in [3.8, 4) is 0 Å². The van der Waals surface area contributed by atoms with Gasteiger partial charge in [-0.2, -0.15) is 0 Å². The average Bonchev–Trinajstić information content (AvgIpc) is 2.96. The van der Waals surface area contributed by atoms with Gasteiger partial charge in [0, 0.05) is 44.7 Å². The van der Waals surface area contributed by atoms with E-state index in [1.54, 1.807) is 30.3 Å².